The summed E-state index contributed by atoms with van der Waals surface area (Å²) in [6, 6.07) is -0.359. The number of piperazine rings is 1. The second kappa shape index (κ2) is 6.20. The normalized spacial score (nSPS) is 22.5. The van der Waals surface area contributed by atoms with Crippen LogP contribution in [0.15, 0.2) is 0 Å². The first-order valence-electron chi connectivity index (χ1n) is 5.67. The zero-order valence-corrected chi connectivity index (χ0v) is 9.81. The lowest BCUT2D eigenvalue weighted by molar-refractivity contribution is -0.137. The van der Waals surface area contributed by atoms with Crippen molar-refractivity contribution in [1.82, 2.24) is 15.5 Å². The summed E-state index contributed by atoms with van der Waals surface area (Å²) in [7, 11) is 1.53. The maximum absolute atomic E-state index is 12.0. The molecule has 1 aliphatic heterocycles. The van der Waals surface area contributed by atoms with E-state index in [0.717, 1.165) is 0 Å². The lowest BCUT2D eigenvalue weighted by atomic mass is 10.1. The standard InChI is InChI=1S/C10H18F3N3O/c1-14-9(17)8-7-15-4-6-16(8)5-2-3-10(11,12)13/h8,15H,2-7H2,1H3,(H,14,17). The van der Waals surface area contributed by atoms with Gasteiger partial charge in [0.25, 0.3) is 0 Å². The molecule has 0 saturated carbocycles. The second-order valence-electron chi connectivity index (χ2n) is 4.09. The molecule has 1 unspecified atom stereocenters. The van der Waals surface area contributed by atoms with Gasteiger partial charge >= 0.3 is 6.18 Å². The summed E-state index contributed by atoms with van der Waals surface area (Å²) in [5.41, 5.74) is 0. The van der Waals surface area contributed by atoms with E-state index >= 15 is 0 Å². The van der Waals surface area contributed by atoms with Crippen LogP contribution in [0.25, 0.3) is 0 Å². The maximum atomic E-state index is 12.0. The summed E-state index contributed by atoms with van der Waals surface area (Å²) in [5.74, 6) is -0.149. The molecule has 1 fully saturated rings. The molecule has 17 heavy (non-hydrogen) atoms. The first kappa shape index (κ1) is 14.2. The summed E-state index contributed by atoms with van der Waals surface area (Å²) in [6.07, 6.45) is -4.87. The van der Waals surface area contributed by atoms with Crippen LogP contribution >= 0.6 is 0 Å². The van der Waals surface area contributed by atoms with Gasteiger partial charge in [-0.1, -0.05) is 0 Å². The van der Waals surface area contributed by atoms with Gasteiger partial charge in [0.1, 0.15) is 6.04 Å². The van der Waals surface area contributed by atoms with Crippen LogP contribution in [0.3, 0.4) is 0 Å². The van der Waals surface area contributed by atoms with E-state index in [1.54, 1.807) is 4.90 Å². The van der Waals surface area contributed by atoms with E-state index in [1.165, 1.54) is 7.05 Å². The Morgan fingerprint density at radius 3 is 2.82 bits per heavy atom. The molecule has 4 nitrogen and oxygen atoms in total. The molecule has 1 rings (SSSR count). The van der Waals surface area contributed by atoms with Crippen molar-refractivity contribution in [2.45, 2.75) is 25.1 Å². The van der Waals surface area contributed by atoms with Gasteiger partial charge in [0, 0.05) is 33.1 Å². The van der Waals surface area contributed by atoms with Gasteiger partial charge in [-0.3, -0.25) is 9.69 Å². The number of nitrogens with zero attached hydrogens (tertiary/aromatic N) is 1. The molecule has 1 amide bonds. The first-order chi connectivity index (χ1) is 7.94. The summed E-state index contributed by atoms with van der Waals surface area (Å²) in [5, 5.41) is 5.59. The van der Waals surface area contributed by atoms with Gasteiger partial charge in [-0.2, -0.15) is 13.2 Å². The molecule has 0 spiro atoms. The number of alkyl halides is 3. The Bertz CT molecular complexity index is 258. The Labute approximate surface area is 98.5 Å². The average molecular weight is 253 g/mol. The monoisotopic (exact) mass is 253 g/mol. The number of nitrogens with one attached hydrogen (secondary N) is 2. The Morgan fingerprint density at radius 2 is 2.24 bits per heavy atom. The van der Waals surface area contributed by atoms with Crippen molar-refractivity contribution < 1.29 is 18.0 Å². The number of amides is 1. The summed E-state index contributed by atoms with van der Waals surface area (Å²) >= 11 is 0. The van der Waals surface area contributed by atoms with Crippen molar-refractivity contribution in [2.75, 3.05) is 33.2 Å². The molecule has 0 aromatic heterocycles. The lowest BCUT2D eigenvalue weighted by Crippen LogP contribution is -2.57. The fourth-order valence-electron chi connectivity index (χ4n) is 1.92. The van der Waals surface area contributed by atoms with E-state index < -0.39 is 12.6 Å². The number of halogens is 3. The minimum Gasteiger partial charge on any atom is -0.358 e. The average Bonchev–Trinajstić information content (AvgIpc) is 2.27. The molecule has 1 aliphatic rings. The van der Waals surface area contributed by atoms with Crippen LogP contribution in [0.1, 0.15) is 12.8 Å². The highest BCUT2D eigenvalue weighted by molar-refractivity contribution is 5.81. The molecule has 2 N–H and O–H groups in total. The number of carbonyl (C=O) groups is 1. The molecular weight excluding hydrogens is 235 g/mol. The van der Waals surface area contributed by atoms with E-state index in [0.29, 0.717) is 26.2 Å². The largest absolute Gasteiger partial charge is 0.389 e. The van der Waals surface area contributed by atoms with Crippen molar-refractivity contribution in [2.24, 2.45) is 0 Å². The molecular formula is C10H18F3N3O. The topological polar surface area (TPSA) is 44.4 Å². The Hall–Kier alpha value is -0.820. The van der Waals surface area contributed by atoms with Crippen LogP contribution in [-0.2, 0) is 4.79 Å². The summed E-state index contributed by atoms with van der Waals surface area (Å²) < 4.78 is 36.1. The van der Waals surface area contributed by atoms with E-state index in [1.807, 2.05) is 0 Å². The SMILES string of the molecule is CNC(=O)C1CNCCN1CCCC(F)(F)F. The third-order valence-corrected chi connectivity index (χ3v) is 2.81. The minimum absolute atomic E-state index is 0.0387. The van der Waals surface area contributed by atoms with Crippen molar-refractivity contribution in [3.05, 3.63) is 0 Å². The highest BCUT2D eigenvalue weighted by Crippen LogP contribution is 2.21. The van der Waals surface area contributed by atoms with Crippen LogP contribution in [0.2, 0.25) is 0 Å². The Balaban J connectivity index is 2.40. The van der Waals surface area contributed by atoms with Gasteiger partial charge in [-0.25, -0.2) is 0 Å². The first-order valence-corrected chi connectivity index (χ1v) is 5.67. The third-order valence-electron chi connectivity index (χ3n) is 2.81. The van der Waals surface area contributed by atoms with Crippen LogP contribution in [0, 0.1) is 0 Å². The zero-order chi connectivity index (χ0) is 12.9. The Morgan fingerprint density at radius 1 is 1.53 bits per heavy atom. The van der Waals surface area contributed by atoms with Gasteiger partial charge in [0.2, 0.25) is 5.91 Å². The number of likely N-dealkylation sites (N-methyl/N-ethyl adjacent to an activating group) is 1. The second-order valence-corrected chi connectivity index (χ2v) is 4.09. The van der Waals surface area contributed by atoms with E-state index in [4.69, 9.17) is 0 Å². The molecule has 1 heterocycles. The molecule has 1 atom stereocenters. The fraction of sp³-hybridized carbons (Fsp3) is 0.900. The van der Waals surface area contributed by atoms with Crippen molar-refractivity contribution >= 4 is 5.91 Å². The quantitative estimate of drug-likeness (QED) is 0.760. The molecule has 1 saturated heterocycles. The smallest absolute Gasteiger partial charge is 0.358 e. The summed E-state index contributed by atoms with van der Waals surface area (Å²) in [6.45, 7) is 2.11. The molecule has 100 valence electrons. The minimum atomic E-state index is -4.11. The van der Waals surface area contributed by atoms with Gasteiger partial charge in [-0.05, 0) is 13.0 Å². The van der Waals surface area contributed by atoms with E-state index in [2.05, 4.69) is 10.6 Å². The fourth-order valence-corrected chi connectivity index (χ4v) is 1.92. The van der Waals surface area contributed by atoms with Crippen molar-refractivity contribution in [3.8, 4) is 0 Å². The predicted molar refractivity (Wildman–Crippen MR) is 57.6 cm³/mol. The molecule has 0 radical (unpaired) electrons. The molecule has 0 aromatic carbocycles. The third kappa shape index (κ3) is 4.91. The van der Waals surface area contributed by atoms with Crippen LogP contribution < -0.4 is 10.6 Å². The number of carbonyl (C=O) groups excluding carboxylic acids is 1. The van der Waals surface area contributed by atoms with Gasteiger partial charge in [0.15, 0.2) is 0 Å². The highest BCUT2D eigenvalue weighted by atomic mass is 19.4. The highest BCUT2D eigenvalue weighted by Gasteiger charge is 2.30. The van der Waals surface area contributed by atoms with Crippen LogP contribution in [0.4, 0.5) is 13.2 Å². The Kier molecular flexibility index (Phi) is 5.20. The maximum Gasteiger partial charge on any atom is 0.389 e. The number of rotatable bonds is 4. The molecule has 7 heteroatoms. The predicted octanol–water partition coefficient (Wildman–Crippen LogP) is 0.349. The van der Waals surface area contributed by atoms with E-state index in [9.17, 15) is 18.0 Å². The van der Waals surface area contributed by atoms with Gasteiger partial charge in [-0.15, -0.1) is 0 Å². The van der Waals surface area contributed by atoms with Crippen molar-refractivity contribution in [1.29, 1.82) is 0 Å². The lowest BCUT2D eigenvalue weighted by Gasteiger charge is -2.34. The van der Waals surface area contributed by atoms with Gasteiger partial charge in [0.05, 0.1) is 0 Å². The summed E-state index contributed by atoms with van der Waals surface area (Å²) in [4.78, 5) is 13.3. The van der Waals surface area contributed by atoms with E-state index in [-0.39, 0.29) is 18.4 Å². The van der Waals surface area contributed by atoms with Crippen molar-refractivity contribution in [3.63, 3.8) is 0 Å². The zero-order valence-electron chi connectivity index (χ0n) is 9.81. The molecule has 0 aliphatic carbocycles. The van der Waals surface area contributed by atoms with Gasteiger partial charge < -0.3 is 10.6 Å². The number of hydrogen-bond donors (Lipinski definition) is 2. The molecule has 0 bridgehead atoms. The van der Waals surface area contributed by atoms with Crippen LogP contribution in [-0.4, -0.2) is 56.3 Å². The molecule has 0 aromatic rings. The van der Waals surface area contributed by atoms with Crippen LogP contribution in [0.5, 0.6) is 0 Å². The number of hydrogen-bond acceptors (Lipinski definition) is 3.